The van der Waals surface area contributed by atoms with E-state index in [1.54, 1.807) is 0 Å². The van der Waals surface area contributed by atoms with Crippen LogP contribution in [0.1, 0.15) is 44.2 Å². The molecule has 1 saturated heterocycles. The lowest BCUT2D eigenvalue weighted by atomic mass is 9.98. The number of aryl methyl sites for hydroxylation is 2. The fourth-order valence-corrected chi connectivity index (χ4v) is 2.96. The van der Waals surface area contributed by atoms with Gasteiger partial charge in [-0.1, -0.05) is 36.8 Å². The molecule has 1 atom stereocenters. The molecule has 3 heteroatoms. The van der Waals surface area contributed by atoms with Crippen LogP contribution in [0.25, 0.3) is 0 Å². The number of piperidine rings is 1. The topological polar surface area (TPSA) is 32.3 Å². The zero-order valence-corrected chi connectivity index (χ0v) is 14.3. The van der Waals surface area contributed by atoms with Crippen molar-refractivity contribution in [3.63, 3.8) is 0 Å². The summed E-state index contributed by atoms with van der Waals surface area (Å²) in [6, 6.07) is 8.87. The molecule has 1 aromatic carbocycles. The van der Waals surface area contributed by atoms with E-state index in [0.29, 0.717) is 12.5 Å². The average Bonchev–Trinajstić information content (AvgIpc) is 2.52. The van der Waals surface area contributed by atoms with Gasteiger partial charge in [-0.2, -0.15) is 0 Å². The number of carbonyl (C=O) groups is 1. The molecule has 1 fully saturated rings. The maximum Gasteiger partial charge on any atom is 0.220 e. The molecule has 1 unspecified atom stereocenters. The van der Waals surface area contributed by atoms with Gasteiger partial charge < -0.3 is 5.32 Å². The lowest BCUT2D eigenvalue weighted by molar-refractivity contribution is -0.121. The van der Waals surface area contributed by atoms with Crippen molar-refractivity contribution in [1.82, 2.24) is 10.2 Å². The van der Waals surface area contributed by atoms with Crippen molar-refractivity contribution in [2.24, 2.45) is 5.92 Å². The molecule has 1 aliphatic heterocycles. The number of amides is 1. The highest BCUT2D eigenvalue weighted by Gasteiger charge is 2.20. The molecular formula is C19H30N2O. The molecule has 1 aliphatic rings. The van der Waals surface area contributed by atoms with Crippen LogP contribution in [0.3, 0.4) is 0 Å². The van der Waals surface area contributed by atoms with E-state index in [0.717, 1.165) is 18.9 Å². The van der Waals surface area contributed by atoms with Crippen LogP contribution < -0.4 is 5.32 Å². The largest absolute Gasteiger partial charge is 0.355 e. The van der Waals surface area contributed by atoms with Gasteiger partial charge in [0.1, 0.15) is 0 Å². The van der Waals surface area contributed by atoms with E-state index in [2.05, 4.69) is 55.3 Å². The molecule has 1 N–H and O–H groups in total. The fraction of sp³-hybridized carbons (Fsp3) is 0.632. The van der Waals surface area contributed by atoms with Gasteiger partial charge in [0.15, 0.2) is 0 Å². The highest BCUT2D eigenvalue weighted by atomic mass is 16.1. The molecule has 1 amide bonds. The highest BCUT2D eigenvalue weighted by molar-refractivity contribution is 5.76. The van der Waals surface area contributed by atoms with Crippen molar-refractivity contribution in [1.29, 1.82) is 0 Å². The Morgan fingerprint density at radius 1 is 1.27 bits per heavy atom. The van der Waals surface area contributed by atoms with Crippen molar-refractivity contribution in [2.45, 2.75) is 52.5 Å². The van der Waals surface area contributed by atoms with Gasteiger partial charge in [0, 0.05) is 19.0 Å². The van der Waals surface area contributed by atoms with Gasteiger partial charge >= 0.3 is 0 Å². The summed E-state index contributed by atoms with van der Waals surface area (Å²) in [5, 5.41) is 3.09. The number of likely N-dealkylation sites (tertiary alicyclic amines) is 1. The minimum atomic E-state index is 0.165. The van der Waals surface area contributed by atoms with Crippen LogP contribution in [-0.4, -0.2) is 36.5 Å². The maximum atomic E-state index is 12.0. The van der Waals surface area contributed by atoms with Crippen LogP contribution in [-0.2, 0) is 11.2 Å². The molecule has 0 aliphatic carbocycles. The Bertz CT molecular complexity index is 461. The summed E-state index contributed by atoms with van der Waals surface area (Å²) in [7, 11) is 0. The number of nitrogens with one attached hydrogen (secondary N) is 1. The molecule has 2 rings (SSSR count). The molecule has 122 valence electrons. The predicted molar refractivity (Wildman–Crippen MR) is 91.9 cm³/mol. The molecule has 0 bridgehead atoms. The van der Waals surface area contributed by atoms with E-state index >= 15 is 0 Å². The second kappa shape index (κ2) is 8.33. The number of hydrogen-bond acceptors (Lipinski definition) is 2. The molecule has 0 aromatic heterocycles. The van der Waals surface area contributed by atoms with Gasteiger partial charge in [-0.15, -0.1) is 0 Å². The number of carbonyl (C=O) groups excluding carboxylic acids is 1. The minimum Gasteiger partial charge on any atom is -0.355 e. The van der Waals surface area contributed by atoms with Gasteiger partial charge in [-0.25, -0.2) is 0 Å². The monoisotopic (exact) mass is 302 g/mol. The Balaban J connectivity index is 1.65. The molecular weight excluding hydrogens is 272 g/mol. The highest BCUT2D eigenvalue weighted by Crippen LogP contribution is 2.17. The Labute approximate surface area is 135 Å². The number of benzene rings is 1. The van der Waals surface area contributed by atoms with Crippen LogP contribution in [0.5, 0.6) is 0 Å². The van der Waals surface area contributed by atoms with E-state index in [-0.39, 0.29) is 5.91 Å². The first-order valence-corrected chi connectivity index (χ1v) is 8.61. The maximum absolute atomic E-state index is 12.0. The third kappa shape index (κ3) is 5.45. The van der Waals surface area contributed by atoms with Crippen LogP contribution in [0.15, 0.2) is 24.3 Å². The van der Waals surface area contributed by atoms with Crippen molar-refractivity contribution >= 4 is 5.91 Å². The van der Waals surface area contributed by atoms with Crippen molar-refractivity contribution < 1.29 is 4.79 Å². The molecule has 22 heavy (non-hydrogen) atoms. The molecule has 0 spiro atoms. The van der Waals surface area contributed by atoms with Gasteiger partial charge in [0.25, 0.3) is 0 Å². The van der Waals surface area contributed by atoms with Gasteiger partial charge in [-0.3, -0.25) is 9.69 Å². The average molecular weight is 302 g/mol. The fourth-order valence-electron chi connectivity index (χ4n) is 2.96. The lowest BCUT2D eigenvalue weighted by Gasteiger charge is -2.35. The summed E-state index contributed by atoms with van der Waals surface area (Å²) in [6.07, 6.45) is 3.96. The summed E-state index contributed by atoms with van der Waals surface area (Å²) in [5.74, 6) is 1.02. The Morgan fingerprint density at radius 3 is 2.55 bits per heavy atom. The first-order chi connectivity index (χ1) is 10.5. The molecule has 3 nitrogen and oxygen atoms in total. The quantitative estimate of drug-likeness (QED) is 0.875. The molecule has 0 saturated carbocycles. The third-order valence-electron chi connectivity index (χ3n) is 4.80. The first-order valence-electron chi connectivity index (χ1n) is 8.61. The summed E-state index contributed by atoms with van der Waals surface area (Å²) < 4.78 is 0. The van der Waals surface area contributed by atoms with E-state index in [4.69, 9.17) is 0 Å². The smallest absolute Gasteiger partial charge is 0.220 e. The van der Waals surface area contributed by atoms with E-state index in [1.165, 1.54) is 37.1 Å². The number of hydrogen-bond donors (Lipinski definition) is 1. The number of rotatable bonds is 6. The molecule has 0 radical (unpaired) electrons. The van der Waals surface area contributed by atoms with E-state index < -0.39 is 0 Å². The SMILES string of the molecule is Cc1ccc(CCC(=O)NCC(C)N2CCC(C)CC2)cc1. The summed E-state index contributed by atoms with van der Waals surface area (Å²) in [5.41, 5.74) is 2.50. The van der Waals surface area contributed by atoms with Crippen LogP contribution in [0.2, 0.25) is 0 Å². The second-order valence-corrected chi connectivity index (χ2v) is 6.86. The van der Waals surface area contributed by atoms with Gasteiger partial charge in [-0.05, 0) is 57.7 Å². The van der Waals surface area contributed by atoms with Crippen molar-refractivity contribution in [3.05, 3.63) is 35.4 Å². The van der Waals surface area contributed by atoms with E-state index in [1.807, 2.05) is 0 Å². The van der Waals surface area contributed by atoms with Crippen molar-refractivity contribution in [2.75, 3.05) is 19.6 Å². The van der Waals surface area contributed by atoms with Crippen LogP contribution in [0.4, 0.5) is 0 Å². The molecule has 1 aromatic rings. The summed E-state index contributed by atoms with van der Waals surface area (Å²) in [4.78, 5) is 14.5. The lowest BCUT2D eigenvalue weighted by Crippen LogP contribution is -2.45. The summed E-state index contributed by atoms with van der Waals surface area (Å²) >= 11 is 0. The molecule has 1 heterocycles. The Hall–Kier alpha value is -1.35. The number of nitrogens with zero attached hydrogens (tertiary/aromatic N) is 1. The predicted octanol–water partition coefficient (Wildman–Crippen LogP) is 3.16. The van der Waals surface area contributed by atoms with E-state index in [9.17, 15) is 4.79 Å². The zero-order valence-electron chi connectivity index (χ0n) is 14.3. The Morgan fingerprint density at radius 2 is 1.91 bits per heavy atom. The Kier molecular flexibility index (Phi) is 6.44. The van der Waals surface area contributed by atoms with Crippen LogP contribution in [0, 0.1) is 12.8 Å². The summed E-state index contributed by atoms with van der Waals surface area (Å²) in [6.45, 7) is 9.73. The zero-order chi connectivity index (χ0) is 15.9. The standard InChI is InChI=1S/C19H30N2O/c1-15-4-6-18(7-5-15)8-9-19(22)20-14-17(3)21-12-10-16(2)11-13-21/h4-7,16-17H,8-14H2,1-3H3,(H,20,22). The van der Waals surface area contributed by atoms with Gasteiger partial charge in [0.05, 0.1) is 0 Å². The van der Waals surface area contributed by atoms with Crippen molar-refractivity contribution in [3.8, 4) is 0 Å². The normalized spacial score (nSPS) is 18.1. The van der Waals surface area contributed by atoms with Gasteiger partial charge in [0.2, 0.25) is 5.91 Å². The second-order valence-electron chi connectivity index (χ2n) is 6.86. The minimum absolute atomic E-state index is 0.165. The first kappa shape index (κ1) is 17.0. The van der Waals surface area contributed by atoms with Crippen LogP contribution >= 0.6 is 0 Å². The third-order valence-corrected chi connectivity index (χ3v) is 4.80.